The predicted octanol–water partition coefficient (Wildman–Crippen LogP) is 3.02. The van der Waals surface area contributed by atoms with Crippen LogP contribution in [0.1, 0.15) is 16.7 Å². The zero-order chi connectivity index (χ0) is 13.0. The molecule has 5 nitrogen and oxygen atoms in total. The Labute approximate surface area is 120 Å². The van der Waals surface area contributed by atoms with Crippen molar-refractivity contribution in [2.75, 3.05) is 6.61 Å². The number of carbonyl (C=O) groups is 1. The molecule has 2 rings (SSSR count). The van der Waals surface area contributed by atoms with Crippen LogP contribution in [0.25, 0.3) is 0 Å². The summed E-state index contributed by atoms with van der Waals surface area (Å²) in [5, 5.41) is 8.75. The van der Waals surface area contributed by atoms with Crippen LogP contribution in [0.15, 0.2) is 32.2 Å². The van der Waals surface area contributed by atoms with Crippen molar-refractivity contribution in [1.29, 1.82) is 0 Å². The van der Waals surface area contributed by atoms with Gasteiger partial charge in [0, 0.05) is 6.20 Å². The molecule has 0 atom stereocenters. The van der Waals surface area contributed by atoms with Crippen molar-refractivity contribution in [1.82, 2.24) is 15.2 Å². The quantitative estimate of drug-likeness (QED) is 0.793. The van der Waals surface area contributed by atoms with E-state index in [1.165, 1.54) is 23.1 Å². The maximum atomic E-state index is 11.4. The Hall–Kier alpha value is -0.990. The number of hydrogen-bond donors (Lipinski definition) is 0. The van der Waals surface area contributed by atoms with Gasteiger partial charge in [-0.3, -0.25) is 0 Å². The summed E-state index contributed by atoms with van der Waals surface area (Å²) in [6.07, 6.45) is 1.69. The monoisotopic (exact) mass is 345 g/mol. The van der Waals surface area contributed by atoms with Crippen LogP contribution in [-0.4, -0.2) is 27.8 Å². The minimum Gasteiger partial charge on any atom is -0.461 e. The van der Waals surface area contributed by atoms with E-state index >= 15 is 0 Å². The van der Waals surface area contributed by atoms with Gasteiger partial charge in [-0.15, -0.1) is 10.2 Å². The van der Waals surface area contributed by atoms with Crippen molar-refractivity contribution in [3.63, 3.8) is 0 Å². The third-order valence-electron chi connectivity index (χ3n) is 1.77. The summed E-state index contributed by atoms with van der Waals surface area (Å²) in [7, 11) is 0. The Kier molecular flexibility index (Phi) is 4.67. The number of halogens is 1. The van der Waals surface area contributed by atoms with Gasteiger partial charge < -0.3 is 4.74 Å². The minimum absolute atomic E-state index is 0.256. The Balaban J connectivity index is 2.12. The lowest BCUT2D eigenvalue weighted by Gasteiger charge is -1.97. The van der Waals surface area contributed by atoms with Crippen LogP contribution in [0.3, 0.4) is 0 Å². The zero-order valence-electron chi connectivity index (χ0n) is 9.29. The summed E-state index contributed by atoms with van der Waals surface area (Å²) in [4.78, 5) is 15.6. The van der Waals surface area contributed by atoms with E-state index in [1.807, 2.05) is 12.1 Å². The lowest BCUT2D eigenvalue weighted by molar-refractivity contribution is 0.0525. The molecule has 2 aromatic rings. The second-order valence-electron chi connectivity index (χ2n) is 2.99. The van der Waals surface area contributed by atoms with Crippen LogP contribution in [0.2, 0.25) is 0 Å². The number of rotatable bonds is 4. The van der Waals surface area contributed by atoms with Crippen molar-refractivity contribution in [3.8, 4) is 0 Å². The van der Waals surface area contributed by atoms with Crippen molar-refractivity contribution in [2.45, 2.75) is 16.3 Å². The molecule has 2 heterocycles. The summed E-state index contributed by atoms with van der Waals surface area (Å²) in [5.74, 6) is -0.443. The first kappa shape index (κ1) is 13.4. The van der Waals surface area contributed by atoms with Gasteiger partial charge >= 0.3 is 5.97 Å². The molecular weight excluding hydrogens is 338 g/mol. The third kappa shape index (κ3) is 3.27. The van der Waals surface area contributed by atoms with E-state index in [-0.39, 0.29) is 5.01 Å². The standard InChI is InChI=1S/C10H8BrN3O2S2/c1-2-16-9(15)8-13-14-10(18-8)17-7-6(11)4-3-5-12-7/h3-5H,2H2,1H3. The van der Waals surface area contributed by atoms with Gasteiger partial charge in [0.15, 0.2) is 4.34 Å². The number of nitrogens with zero attached hydrogens (tertiary/aromatic N) is 3. The van der Waals surface area contributed by atoms with E-state index < -0.39 is 5.97 Å². The molecule has 0 aliphatic rings. The van der Waals surface area contributed by atoms with Crippen LogP contribution in [0, 0.1) is 0 Å². The molecule has 8 heteroatoms. The molecular formula is C10H8BrN3O2S2. The van der Waals surface area contributed by atoms with Gasteiger partial charge in [0.25, 0.3) is 0 Å². The van der Waals surface area contributed by atoms with E-state index in [0.717, 1.165) is 9.50 Å². The van der Waals surface area contributed by atoms with Crippen molar-refractivity contribution in [2.24, 2.45) is 0 Å². The lowest BCUT2D eigenvalue weighted by Crippen LogP contribution is -2.03. The Morgan fingerprint density at radius 2 is 2.39 bits per heavy atom. The molecule has 0 unspecified atom stereocenters. The highest BCUT2D eigenvalue weighted by Gasteiger charge is 2.15. The normalized spacial score (nSPS) is 10.3. The smallest absolute Gasteiger partial charge is 0.369 e. The van der Waals surface area contributed by atoms with Gasteiger partial charge in [0.1, 0.15) is 5.03 Å². The first-order valence-electron chi connectivity index (χ1n) is 4.99. The number of esters is 1. The second kappa shape index (κ2) is 6.26. The van der Waals surface area contributed by atoms with Gasteiger partial charge in [-0.05, 0) is 46.7 Å². The van der Waals surface area contributed by atoms with E-state index in [4.69, 9.17) is 4.74 Å². The molecule has 0 fully saturated rings. The molecule has 0 amide bonds. The average molecular weight is 346 g/mol. The molecule has 0 spiro atoms. The number of pyridine rings is 1. The molecule has 0 radical (unpaired) electrons. The fraction of sp³-hybridized carbons (Fsp3) is 0.200. The van der Waals surface area contributed by atoms with Gasteiger partial charge in [0.2, 0.25) is 5.01 Å². The lowest BCUT2D eigenvalue weighted by atomic mass is 10.5. The van der Waals surface area contributed by atoms with E-state index in [0.29, 0.717) is 10.9 Å². The fourth-order valence-electron chi connectivity index (χ4n) is 1.06. The zero-order valence-corrected chi connectivity index (χ0v) is 12.5. The highest BCUT2D eigenvalue weighted by molar-refractivity contribution is 9.10. The van der Waals surface area contributed by atoms with Crippen LogP contribution < -0.4 is 0 Å². The molecule has 0 aliphatic carbocycles. The predicted molar refractivity (Wildman–Crippen MR) is 71.9 cm³/mol. The molecule has 2 aromatic heterocycles. The van der Waals surface area contributed by atoms with Crippen LogP contribution in [0.5, 0.6) is 0 Å². The van der Waals surface area contributed by atoms with Gasteiger partial charge in [-0.2, -0.15) is 0 Å². The highest BCUT2D eigenvalue weighted by Crippen LogP contribution is 2.33. The Bertz CT molecular complexity index is 562. The highest BCUT2D eigenvalue weighted by atomic mass is 79.9. The molecule has 18 heavy (non-hydrogen) atoms. The van der Waals surface area contributed by atoms with Crippen LogP contribution in [-0.2, 0) is 4.74 Å². The van der Waals surface area contributed by atoms with E-state index in [1.54, 1.807) is 13.1 Å². The number of carbonyl (C=O) groups excluding carboxylic acids is 1. The van der Waals surface area contributed by atoms with Crippen LogP contribution >= 0.6 is 39.0 Å². The topological polar surface area (TPSA) is 65.0 Å². The minimum atomic E-state index is -0.443. The summed E-state index contributed by atoms with van der Waals surface area (Å²) in [6, 6.07) is 3.72. The fourth-order valence-corrected chi connectivity index (χ4v) is 3.19. The van der Waals surface area contributed by atoms with E-state index in [2.05, 4.69) is 31.1 Å². The Morgan fingerprint density at radius 3 is 3.11 bits per heavy atom. The molecule has 94 valence electrons. The molecule has 0 aromatic carbocycles. The van der Waals surface area contributed by atoms with E-state index in [9.17, 15) is 4.79 Å². The first-order valence-corrected chi connectivity index (χ1v) is 7.42. The maximum absolute atomic E-state index is 11.4. The number of ether oxygens (including phenoxy) is 1. The molecule has 0 saturated carbocycles. The molecule has 0 saturated heterocycles. The van der Waals surface area contributed by atoms with Crippen molar-refractivity contribution >= 4 is 45.0 Å². The third-order valence-corrected chi connectivity index (χ3v) is 4.64. The average Bonchev–Trinajstić information content (AvgIpc) is 2.81. The summed E-state index contributed by atoms with van der Waals surface area (Å²) in [6.45, 7) is 2.08. The van der Waals surface area contributed by atoms with Gasteiger partial charge in [-0.25, -0.2) is 9.78 Å². The summed E-state index contributed by atoms with van der Waals surface area (Å²) < 4.78 is 6.38. The van der Waals surface area contributed by atoms with Crippen LogP contribution in [0.4, 0.5) is 0 Å². The first-order chi connectivity index (χ1) is 8.70. The SMILES string of the molecule is CCOC(=O)c1nnc(Sc2ncccc2Br)s1. The summed E-state index contributed by atoms with van der Waals surface area (Å²) in [5.41, 5.74) is 0. The van der Waals surface area contributed by atoms with Crippen molar-refractivity contribution < 1.29 is 9.53 Å². The largest absolute Gasteiger partial charge is 0.461 e. The maximum Gasteiger partial charge on any atom is 0.369 e. The number of hydrogen-bond acceptors (Lipinski definition) is 7. The second-order valence-corrected chi connectivity index (χ2v) is 6.05. The Morgan fingerprint density at radius 1 is 1.56 bits per heavy atom. The molecule has 0 N–H and O–H groups in total. The number of aromatic nitrogens is 3. The molecule has 0 bridgehead atoms. The summed E-state index contributed by atoms with van der Waals surface area (Å²) >= 11 is 5.94. The van der Waals surface area contributed by atoms with Gasteiger partial charge in [-0.1, -0.05) is 11.3 Å². The molecule has 0 aliphatic heterocycles. The van der Waals surface area contributed by atoms with Crippen molar-refractivity contribution in [3.05, 3.63) is 27.8 Å². The van der Waals surface area contributed by atoms with Gasteiger partial charge in [0.05, 0.1) is 11.1 Å².